The highest BCUT2D eigenvalue weighted by Gasteiger charge is 2.35. The fraction of sp³-hybridized carbons (Fsp3) is 0.500. The number of carbonyl (C=O) groups excluding carboxylic acids is 2. The van der Waals surface area contributed by atoms with E-state index in [4.69, 9.17) is 9.73 Å². The van der Waals surface area contributed by atoms with E-state index in [1.165, 1.54) is 6.42 Å². The number of hydrogen-bond acceptors (Lipinski definition) is 5. The van der Waals surface area contributed by atoms with Gasteiger partial charge in [0.15, 0.2) is 0 Å². The first-order valence-electron chi connectivity index (χ1n) is 13.5. The summed E-state index contributed by atoms with van der Waals surface area (Å²) in [6, 6.07) is 17.3. The molecule has 1 fully saturated rings. The Bertz CT molecular complexity index is 1100. The number of carbonyl (C=O) groups is 2. The third-order valence-electron chi connectivity index (χ3n) is 7.25. The molecule has 0 aromatic heterocycles. The smallest absolute Gasteiger partial charge is 0.272 e. The molecule has 2 N–H and O–H groups in total. The molecule has 0 spiro atoms. The number of fused-ring (bicyclic) bond motifs is 1. The maximum Gasteiger partial charge on any atom is 0.272 e. The zero-order valence-corrected chi connectivity index (χ0v) is 22.1. The number of nitrogens with one attached hydrogen (secondary N) is 1. The summed E-state index contributed by atoms with van der Waals surface area (Å²) in [7, 11) is 1.70. The largest absolute Gasteiger partial charge is 0.390 e. The Morgan fingerprint density at radius 1 is 1.08 bits per heavy atom. The molecule has 0 radical (unpaired) electrons. The molecular formula is C30H39N3O4. The van der Waals surface area contributed by atoms with Crippen LogP contribution in [0.2, 0.25) is 0 Å². The van der Waals surface area contributed by atoms with Crippen LogP contribution in [0, 0.1) is 11.8 Å². The third kappa shape index (κ3) is 6.65. The fourth-order valence-corrected chi connectivity index (χ4v) is 5.21. The lowest BCUT2D eigenvalue weighted by molar-refractivity contribution is -0.135. The number of nitrogens with zero attached hydrogens (tertiary/aromatic N) is 2. The van der Waals surface area contributed by atoms with Crippen LogP contribution in [0.5, 0.6) is 0 Å². The van der Waals surface area contributed by atoms with Gasteiger partial charge in [-0.2, -0.15) is 0 Å². The van der Waals surface area contributed by atoms with Crippen molar-refractivity contribution in [3.8, 4) is 0 Å². The van der Waals surface area contributed by atoms with Gasteiger partial charge in [0.25, 0.3) is 5.91 Å². The zero-order valence-electron chi connectivity index (χ0n) is 22.1. The highest BCUT2D eigenvalue weighted by atomic mass is 16.5. The molecule has 1 heterocycles. The van der Waals surface area contributed by atoms with Gasteiger partial charge in [-0.25, -0.2) is 4.99 Å². The molecule has 7 heteroatoms. The number of likely N-dealkylation sites (N-methyl/N-ethyl adjacent to an activating group) is 1. The average molecular weight is 506 g/mol. The minimum atomic E-state index is -1.11. The van der Waals surface area contributed by atoms with Crippen molar-refractivity contribution < 1.29 is 19.4 Å². The lowest BCUT2D eigenvalue weighted by Crippen LogP contribution is -2.50. The number of hydrogen-bond donors (Lipinski definition) is 2. The van der Waals surface area contributed by atoms with Crippen LogP contribution in [-0.2, 0) is 14.3 Å². The molecular weight excluding hydrogens is 466 g/mol. The summed E-state index contributed by atoms with van der Waals surface area (Å²) in [4.78, 5) is 33.4. The monoisotopic (exact) mass is 505 g/mol. The molecule has 7 nitrogen and oxygen atoms in total. The molecule has 2 aromatic rings. The fourth-order valence-electron chi connectivity index (χ4n) is 5.21. The number of benzene rings is 2. The standard InChI is InChI=1S/C30H39N3O4/c1-20(2)18-24(26(34)19-37-22-14-8-5-9-15-22)29(35)32-28-30(36)33(3)25-17-11-10-16-23(25)27(31-28)21-12-6-4-7-13-21/h4,6-7,10-13,16-17,20,22,24,26,28,34H,5,8-9,14-15,18-19H2,1-3H3,(H,32,35)/t24?,26-,28?/m1/s1. The zero-order chi connectivity index (χ0) is 26.4. The first-order chi connectivity index (χ1) is 17.8. The van der Waals surface area contributed by atoms with Crippen LogP contribution >= 0.6 is 0 Å². The van der Waals surface area contributed by atoms with Crippen molar-refractivity contribution >= 4 is 23.2 Å². The summed E-state index contributed by atoms with van der Waals surface area (Å²) in [6.45, 7) is 4.14. The molecule has 37 heavy (non-hydrogen) atoms. The number of anilines is 1. The molecule has 198 valence electrons. The second kappa shape index (κ2) is 12.5. The van der Waals surface area contributed by atoms with Crippen molar-refractivity contribution in [2.45, 2.75) is 70.7 Å². The number of aliphatic imine (C=N–C) groups is 1. The van der Waals surface area contributed by atoms with Crippen LogP contribution in [0.4, 0.5) is 5.69 Å². The third-order valence-corrected chi connectivity index (χ3v) is 7.25. The number of para-hydroxylation sites is 1. The van der Waals surface area contributed by atoms with E-state index < -0.39 is 18.2 Å². The summed E-state index contributed by atoms with van der Waals surface area (Å²) in [6.07, 6.45) is 4.03. The predicted molar refractivity (Wildman–Crippen MR) is 146 cm³/mol. The van der Waals surface area contributed by atoms with Gasteiger partial charge in [-0.3, -0.25) is 9.59 Å². The van der Waals surface area contributed by atoms with Crippen molar-refractivity contribution in [3.63, 3.8) is 0 Å². The van der Waals surface area contributed by atoms with Crippen LogP contribution in [-0.4, -0.2) is 54.7 Å². The highest BCUT2D eigenvalue weighted by Crippen LogP contribution is 2.28. The molecule has 4 rings (SSSR count). The van der Waals surface area contributed by atoms with Gasteiger partial charge in [0.2, 0.25) is 12.1 Å². The first kappa shape index (κ1) is 27.0. The Balaban J connectivity index is 1.58. The molecule has 0 saturated heterocycles. The van der Waals surface area contributed by atoms with Crippen LogP contribution < -0.4 is 10.2 Å². The van der Waals surface area contributed by atoms with Crippen LogP contribution in [0.1, 0.15) is 63.5 Å². The normalized spacial score (nSPS) is 20.1. The van der Waals surface area contributed by atoms with E-state index in [1.807, 2.05) is 68.4 Å². The van der Waals surface area contributed by atoms with Gasteiger partial charge in [0.05, 0.1) is 36.1 Å². The minimum absolute atomic E-state index is 0.109. The van der Waals surface area contributed by atoms with E-state index >= 15 is 0 Å². The van der Waals surface area contributed by atoms with E-state index in [2.05, 4.69) is 5.32 Å². The molecule has 2 amide bonds. The van der Waals surface area contributed by atoms with Crippen LogP contribution in [0.25, 0.3) is 0 Å². The molecule has 2 unspecified atom stereocenters. The number of amides is 2. The van der Waals surface area contributed by atoms with Gasteiger partial charge in [0.1, 0.15) is 0 Å². The van der Waals surface area contributed by atoms with E-state index in [0.29, 0.717) is 12.1 Å². The number of rotatable bonds is 9. The Labute approximate surface area is 219 Å². The molecule has 3 atom stereocenters. The van der Waals surface area contributed by atoms with E-state index in [-0.39, 0.29) is 30.4 Å². The molecule has 1 aliphatic heterocycles. The van der Waals surface area contributed by atoms with Crippen molar-refractivity contribution in [3.05, 3.63) is 65.7 Å². The average Bonchev–Trinajstić information content (AvgIpc) is 3.02. The summed E-state index contributed by atoms with van der Waals surface area (Å²) in [5.41, 5.74) is 3.05. The second-order valence-corrected chi connectivity index (χ2v) is 10.6. The molecule has 2 aromatic carbocycles. The van der Waals surface area contributed by atoms with Gasteiger partial charge in [-0.15, -0.1) is 0 Å². The van der Waals surface area contributed by atoms with Gasteiger partial charge >= 0.3 is 0 Å². The van der Waals surface area contributed by atoms with Gasteiger partial charge < -0.3 is 20.1 Å². The maximum atomic E-state index is 13.6. The Hall–Kier alpha value is -3.03. The van der Waals surface area contributed by atoms with E-state index in [0.717, 1.165) is 42.5 Å². The van der Waals surface area contributed by atoms with Gasteiger partial charge in [-0.05, 0) is 31.2 Å². The first-order valence-corrected chi connectivity index (χ1v) is 13.5. The summed E-state index contributed by atoms with van der Waals surface area (Å²) in [5.74, 6) is -1.24. The van der Waals surface area contributed by atoms with E-state index in [9.17, 15) is 14.7 Å². The number of benzodiazepines with no additional fused rings is 1. The summed E-state index contributed by atoms with van der Waals surface area (Å²) < 4.78 is 5.99. The number of aliphatic hydroxyl groups excluding tert-OH is 1. The molecule has 2 aliphatic rings. The molecule has 1 aliphatic carbocycles. The quantitative estimate of drug-likeness (QED) is 0.531. The SMILES string of the molecule is CC(C)CC(C(=O)NC1N=C(c2ccccc2)c2ccccc2N(C)C1=O)[C@H](O)COC1CCCCC1. The maximum absolute atomic E-state index is 13.6. The molecule has 1 saturated carbocycles. The Kier molecular flexibility index (Phi) is 9.11. The lowest BCUT2D eigenvalue weighted by atomic mass is 9.91. The van der Waals surface area contributed by atoms with Gasteiger partial charge in [-0.1, -0.05) is 81.6 Å². The van der Waals surface area contributed by atoms with Crippen molar-refractivity contribution in [1.29, 1.82) is 0 Å². The van der Waals surface area contributed by atoms with Crippen molar-refractivity contribution in [2.75, 3.05) is 18.6 Å². The Morgan fingerprint density at radius 2 is 1.76 bits per heavy atom. The van der Waals surface area contributed by atoms with Crippen LogP contribution in [0.15, 0.2) is 59.6 Å². The van der Waals surface area contributed by atoms with Crippen molar-refractivity contribution in [2.24, 2.45) is 16.8 Å². The summed E-state index contributed by atoms with van der Waals surface area (Å²) >= 11 is 0. The number of ether oxygens (including phenoxy) is 1. The van der Waals surface area contributed by atoms with Gasteiger partial charge in [0, 0.05) is 18.2 Å². The Morgan fingerprint density at radius 3 is 2.46 bits per heavy atom. The van der Waals surface area contributed by atoms with Crippen LogP contribution in [0.3, 0.4) is 0 Å². The predicted octanol–water partition coefficient (Wildman–Crippen LogP) is 4.32. The topological polar surface area (TPSA) is 91.2 Å². The summed E-state index contributed by atoms with van der Waals surface area (Å²) in [5, 5.41) is 13.9. The van der Waals surface area contributed by atoms with Crippen molar-refractivity contribution in [1.82, 2.24) is 5.32 Å². The second-order valence-electron chi connectivity index (χ2n) is 10.6. The minimum Gasteiger partial charge on any atom is -0.390 e. The highest BCUT2D eigenvalue weighted by molar-refractivity contribution is 6.20. The number of aliphatic hydroxyl groups is 1. The van der Waals surface area contributed by atoms with E-state index in [1.54, 1.807) is 11.9 Å². The lowest BCUT2D eigenvalue weighted by Gasteiger charge is -2.28. The molecule has 0 bridgehead atoms.